The van der Waals surface area contributed by atoms with Crippen LogP contribution < -0.4 is 5.32 Å². The molecule has 2 heterocycles. The van der Waals surface area contributed by atoms with Crippen molar-refractivity contribution in [2.24, 2.45) is 0 Å². The third-order valence-electron chi connectivity index (χ3n) is 3.95. The van der Waals surface area contributed by atoms with Gasteiger partial charge in [0, 0.05) is 23.5 Å². The molecule has 0 aliphatic carbocycles. The maximum atomic E-state index is 12.0. The molecule has 2 N–H and O–H groups in total. The number of hydrogen-bond acceptors (Lipinski definition) is 3. The number of aromatic nitrogens is 1. The number of H-pyrrole nitrogens is 1. The van der Waals surface area contributed by atoms with E-state index in [1.165, 1.54) is 23.6 Å². The van der Waals surface area contributed by atoms with Crippen LogP contribution in [0.1, 0.15) is 31.0 Å². The highest BCUT2D eigenvalue weighted by atomic mass is 16.5. The van der Waals surface area contributed by atoms with Crippen LogP contribution in [0.25, 0.3) is 10.9 Å². The van der Waals surface area contributed by atoms with Gasteiger partial charge in [0.1, 0.15) is 6.04 Å². The smallest absolute Gasteiger partial charge is 0.323 e. The lowest BCUT2D eigenvalue weighted by atomic mass is 9.99. The van der Waals surface area contributed by atoms with E-state index >= 15 is 0 Å². The number of ether oxygens (including phenoxy) is 1. The first-order valence-corrected chi connectivity index (χ1v) is 7.18. The summed E-state index contributed by atoms with van der Waals surface area (Å²) in [5.41, 5.74) is 4.69. The number of methoxy groups -OCH3 is 1. The lowest BCUT2D eigenvalue weighted by Gasteiger charge is -2.20. The first-order valence-electron chi connectivity index (χ1n) is 7.18. The van der Waals surface area contributed by atoms with E-state index in [4.69, 9.17) is 4.74 Å². The zero-order valence-electron chi connectivity index (χ0n) is 12.6. The predicted octanol–water partition coefficient (Wildman–Crippen LogP) is 2.86. The fourth-order valence-electron chi connectivity index (χ4n) is 3.06. The van der Waals surface area contributed by atoms with Gasteiger partial charge in [-0.1, -0.05) is 23.8 Å². The molecule has 0 spiro atoms. The van der Waals surface area contributed by atoms with Crippen LogP contribution in [0.15, 0.2) is 36.0 Å². The van der Waals surface area contributed by atoms with Gasteiger partial charge in [-0.25, -0.2) is 0 Å². The van der Waals surface area contributed by atoms with Gasteiger partial charge in [-0.2, -0.15) is 0 Å². The maximum absolute atomic E-state index is 12.0. The number of carbonyl (C=O) groups is 1. The molecule has 4 nitrogen and oxygen atoms in total. The van der Waals surface area contributed by atoms with Crippen LogP contribution >= 0.6 is 0 Å². The fourth-order valence-corrected chi connectivity index (χ4v) is 3.06. The van der Waals surface area contributed by atoms with Crippen molar-refractivity contribution < 1.29 is 9.53 Å². The molecule has 0 saturated heterocycles. The minimum absolute atomic E-state index is 0.0137. The van der Waals surface area contributed by atoms with Gasteiger partial charge in [0.15, 0.2) is 0 Å². The van der Waals surface area contributed by atoms with Crippen molar-refractivity contribution in [2.45, 2.75) is 32.4 Å². The minimum atomic E-state index is -0.331. The first kappa shape index (κ1) is 13.9. The van der Waals surface area contributed by atoms with Gasteiger partial charge >= 0.3 is 5.97 Å². The standard InChI is InChI=1S/C17H20N2O2/c1-10(2)7-14-12-5-4-6-13-16(12)11(9-18-13)8-15(19-14)17(20)21-3/h4-7,9,14-15,18-19H,8H2,1-3H3/t14-,15-/m1/s1. The van der Waals surface area contributed by atoms with Crippen LogP contribution in [0.3, 0.4) is 0 Å². The van der Waals surface area contributed by atoms with Crippen molar-refractivity contribution in [3.8, 4) is 0 Å². The monoisotopic (exact) mass is 284 g/mol. The molecule has 3 rings (SSSR count). The molecule has 1 aliphatic heterocycles. The summed E-state index contributed by atoms with van der Waals surface area (Å²) in [6.45, 7) is 4.13. The zero-order chi connectivity index (χ0) is 15.0. The van der Waals surface area contributed by atoms with Crippen molar-refractivity contribution in [1.29, 1.82) is 0 Å². The molecule has 0 amide bonds. The van der Waals surface area contributed by atoms with Gasteiger partial charge < -0.3 is 9.72 Å². The summed E-state index contributed by atoms with van der Waals surface area (Å²) in [4.78, 5) is 15.3. The second-order valence-corrected chi connectivity index (χ2v) is 5.75. The molecule has 2 aromatic rings. The third kappa shape index (κ3) is 2.47. The summed E-state index contributed by atoms with van der Waals surface area (Å²) in [6, 6.07) is 5.92. The van der Waals surface area contributed by atoms with E-state index in [0.29, 0.717) is 6.42 Å². The molecule has 0 unspecified atom stereocenters. The molecule has 21 heavy (non-hydrogen) atoms. The summed E-state index contributed by atoms with van der Waals surface area (Å²) >= 11 is 0. The molecular formula is C17H20N2O2. The topological polar surface area (TPSA) is 54.1 Å². The third-order valence-corrected chi connectivity index (χ3v) is 3.95. The molecule has 2 atom stereocenters. The molecular weight excluding hydrogens is 264 g/mol. The molecule has 0 radical (unpaired) electrons. The van der Waals surface area contributed by atoms with Crippen molar-refractivity contribution >= 4 is 16.9 Å². The molecule has 4 heteroatoms. The highest BCUT2D eigenvalue weighted by molar-refractivity contribution is 5.89. The van der Waals surface area contributed by atoms with Gasteiger partial charge in [0.2, 0.25) is 0 Å². The number of nitrogens with one attached hydrogen (secondary N) is 2. The SMILES string of the molecule is COC(=O)[C@H]1Cc2c[nH]c3cccc(c23)[C@@H](C=C(C)C)N1. The molecule has 1 aromatic carbocycles. The van der Waals surface area contributed by atoms with E-state index in [0.717, 1.165) is 11.1 Å². The fraction of sp³-hybridized carbons (Fsp3) is 0.353. The van der Waals surface area contributed by atoms with Crippen molar-refractivity contribution in [1.82, 2.24) is 10.3 Å². The minimum Gasteiger partial charge on any atom is -0.468 e. The first-order chi connectivity index (χ1) is 10.1. The van der Waals surface area contributed by atoms with Crippen LogP contribution in [0.4, 0.5) is 0 Å². The quantitative estimate of drug-likeness (QED) is 0.658. The molecule has 0 fully saturated rings. The lowest BCUT2D eigenvalue weighted by Crippen LogP contribution is -2.40. The summed E-state index contributed by atoms with van der Waals surface area (Å²) in [6.07, 6.45) is 4.79. The van der Waals surface area contributed by atoms with E-state index < -0.39 is 0 Å². The highest BCUT2D eigenvalue weighted by Crippen LogP contribution is 2.32. The Morgan fingerprint density at radius 2 is 2.19 bits per heavy atom. The Kier molecular flexibility index (Phi) is 3.55. The maximum Gasteiger partial charge on any atom is 0.323 e. The van der Waals surface area contributed by atoms with Gasteiger partial charge in [0.25, 0.3) is 0 Å². The number of aromatic amines is 1. The molecule has 1 aromatic heterocycles. The number of allylic oxidation sites excluding steroid dienone is 1. The number of benzene rings is 1. The normalized spacial score (nSPS) is 20.9. The van der Waals surface area contributed by atoms with Gasteiger partial charge in [-0.15, -0.1) is 0 Å². The van der Waals surface area contributed by atoms with Crippen LogP contribution in [-0.2, 0) is 16.0 Å². The summed E-state index contributed by atoms with van der Waals surface area (Å²) in [5.74, 6) is -0.218. The molecule has 0 bridgehead atoms. The Morgan fingerprint density at radius 1 is 1.38 bits per heavy atom. The lowest BCUT2D eigenvalue weighted by molar-refractivity contribution is -0.143. The predicted molar refractivity (Wildman–Crippen MR) is 83.1 cm³/mol. The van der Waals surface area contributed by atoms with Crippen LogP contribution in [0.5, 0.6) is 0 Å². The summed E-state index contributed by atoms with van der Waals surface area (Å²) in [5, 5.41) is 4.65. The van der Waals surface area contributed by atoms with E-state index in [9.17, 15) is 4.79 Å². The summed E-state index contributed by atoms with van der Waals surface area (Å²) < 4.78 is 4.94. The Labute approximate surface area is 124 Å². The van der Waals surface area contributed by atoms with Gasteiger partial charge in [-0.3, -0.25) is 10.1 Å². The Morgan fingerprint density at radius 3 is 2.90 bits per heavy atom. The second kappa shape index (κ2) is 5.37. The van der Waals surface area contributed by atoms with Crippen LogP contribution in [0, 0.1) is 0 Å². The zero-order valence-corrected chi connectivity index (χ0v) is 12.6. The van der Waals surface area contributed by atoms with Gasteiger partial charge in [0.05, 0.1) is 13.2 Å². The Balaban J connectivity index is 2.16. The second-order valence-electron chi connectivity index (χ2n) is 5.75. The number of carbonyl (C=O) groups excluding carboxylic acids is 1. The van der Waals surface area contributed by atoms with E-state index in [1.54, 1.807) is 0 Å². The average molecular weight is 284 g/mol. The molecule has 0 saturated carbocycles. The Bertz CT molecular complexity index is 711. The summed E-state index contributed by atoms with van der Waals surface area (Å²) in [7, 11) is 1.44. The van der Waals surface area contributed by atoms with Crippen molar-refractivity contribution in [3.05, 3.63) is 47.2 Å². The van der Waals surface area contributed by atoms with E-state index in [2.05, 4.69) is 42.4 Å². The number of rotatable bonds is 2. The highest BCUT2D eigenvalue weighted by Gasteiger charge is 2.29. The van der Waals surface area contributed by atoms with Crippen molar-refractivity contribution in [2.75, 3.05) is 7.11 Å². The molecule has 1 aliphatic rings. The van der Waals surface area contributed by atoms with Gasteiger partial charge in [-0.05, 0) is 31.0 Å². The molecule has 110 valence electrons. The average Bonchev–Trinajstić information content (AvgIpc) is 2.80. The van der Waals surface area contributed by atoms with E-state index in [1.807, 2.05) is 12.3 Å². The van der Waals surface area contributed by atoms with E-state index in [-0.39, 0.29) is 18.1 Å². The Hall–Kier alpha value is -2.07. The van der Waals surface area contributed by atoms with Crippen LogP contribution in [-0.4, -0.2) is 24.1 Å². The largest absolute Gasteiger partial charge is 0.468 e. The number of esters is 1. The number of hydrogen-bond donors (Lipinski definition) is 2. The van der Waals surface area contributed by atoms with Crippen molar-refractivity contribution in [3.63, 3.8) is 0 Å². The van der Waals surface area contributed by atoms with Crippen LogP contribution in [0.2, 0.25) is 0 Å².